The molecule has 0 heterocycles. The number of hydrogen-bond acceptors (Lipinski definition) is 5. The number of amides is 1. The van der Waals surface area contributed by atoms with Gasteiger partial charge in [-0.3, -0.25) is 9.59 Å². The topological polar surface area (TPSA) is 95.9 Å². The number of hydrogen-bond donors (Lipinski definition) is 3. The molecule has 0 saturated carbocycles. The smallest absolute Gasteiger partial charge is 0.305 e. The van der Waals surface area contributed by atoms with Gasteiger partial charge in [-0.1, -0.05) is 378 Å². The lowest BCUT2D eigenvalue weighted by Crippen LogP contribution is -2.45. The fourth-order valence-corrected chi connectivity index (χ4v) is 12.5. The molecule has 0 aliphatic rings. The minimum atomic E-state index is -0.665. The van der Waals surface area contributed by atoms with Crippen molar-refractivity contribution in [1.82, 2.24) is 5.32 Å². The summed E-state index contributed by atoms with van der Waals surface area (Å²) in [5.74, 6) is -0.0144. The highest BCUT2D eigenvalue weighted by Crippen LogP contribution is 2.20. The number of rotatable bonds is 74. The zero-order chi connectivity index (χ0) is 61.3. The molecule has 0 aliphatic carbocycles. The summed E-state index contributed by atoms with van der Waals surface area (Å²) >= 11 is 0. The van der Waals surface area contributed by atoms with Crippen molar-refractivity contribution < 1.29 is 24.5 Å². The van der Waals surface area contributed by atoms with Crippen LogP contribution in [0.15, 0.2) is 24.3 Å². The average molecular weight is 1200 g/mol. The van der Waals surface area contributed by atoms with Gasteiger partial charge in [-0.15, -0.1) is 0 Å². The van der Waals surface area contributed by atoms with Crippen molar-refractivity contribution in [3.8, 4) is 0 Å². The lowest BCUT2D eigenvalue weighted by atomic mass is 10.0. The van der Waals surface area contributed by atoms with Gasteiger partial charge < -0.3 is 20.3 Å². The molecule has 0 aromatic carbocycles. The summed E-state index contributed by atoms with van der Waals surface area (Å²) in [6.45, 7) is 5.00. The molecule has 2 atom stereocenters. The van der Waals surface area contributed by atoms with E-state index in [1.54, 1.807) is 0 Å². The van der Waals surface area contributed by atoms with Gasteiger partial charge in [-0.2, -0.15) is 0 Å². The Morgan fingerprint density at radius 3 is 0.835 bits per heavy atom. The molecule has 0 rings (SSSR count). The van der Waals surface area contributed by atoms with Crippen molar-refractivity contribution in [3.05, 3.63) is 24.3 Å². The van der Waals surface area contributed by atoms with Gasteiger partial charge in [0.15, 0.2) is 0 Å². The fourth-order valence-electron chi connectivity index (χ4n) is 12.5. The second-order valence-corrected chi connectivity index (χ2v) is 27.0. The SMILES string of the molecule is CCCCCCCCC/C=C\CCCCCCCCCC(=O)OCCCCCCCCCCCCCC/C=C\CCCCCCCCCCCCCCCC(=O)NC(CO)C(O)CCCCCCCCCCCCCCCCCCCCCCC. The maximum atomic E-state index is 12.6. The van der Waals surface area contributed by atoms with Crippen molar-refractivity contribution in [2.24, 2.45) is 0 Å². The lowest BCUT2D eigenvalue weighted by molar-refractivity contribution is -0.143. The molecule has 6 nitrogen and oxygen atoms in total. The minimum Gasteiger partial charge on any atom is -0.466 e. The Hall–Kier alpha value is -1.66. The van der Waals surface area contributed by atoms with Crippen LogP contribution in [0.25, 0.3) is 0 Å². The molecule has 0 saturated heterocycles. The highest BCUT2D eigenvalue weighted by Gasteiger charge is 2.20. The maximum absolute atomic E-state index is 12.6. The quantitative estimate of drug-likeness (QED) is 0.0320. The standard InChI is InChI=1S/C79H153NO5/c1-3-5-7-9-11-13-15-17-19-21-23-33-36-39-43-47-51-55-59-63-67-71-77(82)76(75-81)80-78(83)72-68-64-60-56-52-48-44-40-37-34-31-29-27-25-24-26-28-30-32-35-38-42-46-50-54-58-62-66-70-74-85-79(84)73-69-65-61-57-53-49-45-41-22-20-18-16-14-12-10-8-6-4-2/h20,22,24,26,76-77,81-82H,3-19,21,23,25,27-75H2,1-2H3,(H,80,83)/b22-20-,26-24-. The Labute approximate surface area is 532 Å². The molecule has 0 spiro atoms. The summed E-state index contributed by atoms with van der Waals surface area (Å²) in [5.41, 5.74) is 0. The highest BCUT2D eigenvalue weighted by atomic mass is 16.5. The van der Waals surface area contributed by atoms with E-state index in [4.69, 9.17) is 4.74 Å². The second-order valence-electron chi connectivity index (χ2n) is 27.0. The molecule has 0 fully saturated rings. The molecule has 2 unspecified atom stereocenters. The van der Waals surface area contributed by atoms with E-state index < -0.39 is 12.1 Å². The van der Waals surface area contributed by atoms with Crippen LogP contribution in [0.5, 0.6) is 0 Å². The van der Waals surface area contributed by atoms with Crippen LogP contribution in [0.3, 0.4) is 0 Å². The molecular weight excluding hydrogens is 1040 g/mol. The molecular formula is C79H153NO5. The van der Waals surface area contributed by atoms with Crippen LogP contribution in [0, 0.1) is 0 Å². The van der Waals surface area contributed by atoms with Gasteiger partial charge in [-0.05, 0) is 77.0 Å². The van der Waals surface area contributed by atoms with E-state index in [1.165, 1.54) is 366 Å². The Morgan fingerprint density at radius 1 is 0.318 bits per heavy atom. The molecule has 0 aromatic heterocycles. The number of unbranched alkanes of at least 4 members (excludes halogenated alkanes) is 59. The third-order valence-electron chi connectivity index (χ3n) is 18.5. The third-order valence-corrected chi connectivity index (χ3v) is 18.5. The van der Waals surface area contributed by atoms with Crippen molar-refractivity contribution >= 4 is 11.9 Å². The van der Waals surface area contributed by atoms with Crippen LogP contribution in [0.2, 0.25) is 0 Å². The van der Waals surface area contributed by atoms with Gasteiger partial charge in [0, 0.05) is 12.8 Å². The molecule has 1 amide bonds. The van der Waals surface area contributed by atoms with E-state index in [1.807, 2.05) is 0 Å². The van der Waals surface area contributed by atoms with Crippen molar-refractivity contribution in [2.75, 3.05) is 13.2 Å². The van der Waals surface area contributed by atoms with Crippen LogP contribution in [-0.2, 0) is 14.3 Å². The summed E-state index contributed by atoms with van der Waals surface area (Å²) < 4.78 is 5.51. The van der Waals surface area contributed by atoms with Crippen LogP contribution < -0.4 is 5.32 Å². The summed E-state index contributed by atoms with van der Waals surface area (Å²) in [5, 5.41) is 23.4. The fraction of sp³-hybridized carbons (Fsp3) is 0.924. The molecule has 0 aliphatic heterocycles. The molecule has 6 heteroatoms. The van der Waals surface area contributed by atoms with Gasteiger partial charge in [0.25, 0.3) is 0 Å². The van der Waals surface area contributed by atoms with Gasteiger partial charge in [0.05, 0.1) is 25.4 Å². The van der Waals surface area contributed by atoms with E-state index in [0.717, 1.165) is 44.9 Å². The number of esters is 1. The second kappa shape index (κ2) is 74.8. The maximum Gasteiger partial charge on any atom is 0.305 e. The molecule has 0 radical (unpaired) electrons. The predicted octanol–water partition coefficient (Wildman–Crippen LogP) is 25.7. The minimum absolute atomic E-state index is 0.0147. The summed E-state index contributed by atoms with van der Waals surface area (Å²) in [4.78, 5) is 24.7. The summed E-state index contributed by atoms with van der Waals surface area (Å²) in [7, 11) is 0. The van der Waals surface area contributed by atoms with Crippen molar-refractivity contribution in [3.63, 3.8) is 0 Å². The van der Waals surface area contributed by atoms with Gasteiger partial charge in [-0.25, -0.2) is 0 Å². The number of carbonyl (C=O) groups is 2. The van der Waals surface area contributed by atoms with E-state index in [2.05, 4.69) is 43.5 Å². The predicted molar refractivity (Wildman–Crippen MR) is 375 cm³/mol. The van der Waals surface area contributed by atoms with Gasteiger partial charge in [0.2, 0.25) is 5.91 Å². The first-order valence-corrected chi connectivity index (χ1v) is 39.1. The Kier molecular flexibility index (Phi) is 73.3. The zero-order valence-corrected chi connectivity index (χ0v) is 57.9. The van der Waals surface area contributed by atoms with Crippen molar-refractivity contribution in [2.45, 2.75) is 456 Å². The molecule has 0 aromatic rings. The van der Waals surface area contributed by atoms with Crippen LogP contribution >= 0.6 is 0 Å². The van der Waals surface area contributed by atoms with Crippen molar-refractivity contribution in [1.29, 1.82) is 0 Å². The largest absolute Gasteiger partial charge is 0.466 e. The van der Waals surface area contributed by atoms with Gasteiger partial charge in [0.1, 0.15) is 0 Å². The Bertz CT molecular complexity index is 1330. The van der Waals surface area contributed by atoms with E-state index in [0.29, 0.717) is 25.9 Å². The number of ether oxygens (including phenoxy) is 1. The zero-order valence-electron chi connectivity index (χ0n) is 57.9. The molecule has 3 N–H and O–H groups in total. The Morgan fingerprint density at radius 2 is 0.553 bits per heavy atom. The van der Waals surface area contributed by atoms with Crippen LogP contribution in [0.1, 0.15) is 444 Å². The number of allylic oxidation sites excluding steroid dienone is 4. The van der Waals surface area contributed by atoms with E-state index in [-0.39, 0.29) is 18.5 Å². The van der Waals surface area contributed by atoms with Crippen LogP contribution in [-0.4, -0.2) is 47.4 Å². The number of aliphatic hydroxyl groups excluding tert-OH is 2. The lowest BCUT2D eigenvalue weighted by Gasteiger charge is -2.22. The summed E-state index contributed by atoms with van der Waals surface area (Å²) in [6.07, 6.45) is 95.4. The van der Waals surface area contributed by atoms with Crippen LogP contribution in [0.4, 0.5) is 0 Å². The van der Waals surface area contributed by atoms with E-state index >= 15 is 0 Å². The molecule has 0 bridgehead atoms. The first-order valence-electron chi connectivity index (χ1n) is 39.1. The van der Waals surface area contributed by atoms with Gasteiger partial charge >= 0.3 is 5.97 Å². The van der Waals surface area contributed by atoms with E-state index in [9.17, 15) is 19.8 Å². The number of aliphatic hydroxyl groups is 2. The monoisotopic (exact) mass is 1200 g/mol. The number of carbonyl (C=O) groups excluding carboxylic acids is 2. The molecule has 85 heavy (non-hydrogen) atoms. The average Bonchev–Trinajstić information content (AvgIpc) is 3.51. The molecule has 504 valence electrons. The third kappa shape index (κ3) is 71.3. The normalized spacial score (nSPS) is 12.6. The number of nitrogens with one attached hydrogen (secondary N) is 1. The first-order chi connectivity index (χ1) is 42.0. The Balaban J connectivity index is 3.36. The first kappa shape index (κ1) is 83.3. The highest BCUT2D eigenvalue weighted by molar-refractivity contribution is 5.76. The summed E-state index contributed by atoms with van der Waals surface area (Å²) in [6, 6.07) is -0.542.